The van der Waals surface area contributed by atoms with E-state index in [9.17, 15) is 0 Å². The van der Waals surface area contributed by atoms with Crippen molar-refractivity contribution >= 4 is 0 Å². The zero-order valence-corrected chi connectivity index (χ0v) is 10.2. The van der Waals surface area contributed by atoms with Gasteiger partial charge in [0.1, 0.15) is 5.75 Å². The van der Waals surface area contributed by atoms with Crippen LogP contribution >= 0.6 is 0 Å². The van der Waals surface area contributed by atoms with Crippen LogP contribution in [0.5, 0.6) is 5.75 Å². The molecule has 0 atom stereocenters. The Morgan fingerprint density at radius 3 is 2.41 bits per heavy atom. The predicted octanol–water partition coefficient (Wildman–Crippen LogP) is 0.657. The predicted molar refractivity (Wildman–Crippen MR) is 63.7 cm³/mol. The second kappa shape index (κ2) is 6.00. The van der Waals surface area contributed by atoms with Gasteiger partial charge in [-0.3, -0.25) is 0 Å². The van der Waals surface area contributed by atoms with E-state index in [-0.39, 0.29) is 26.4 Å². The molecule has 1 aromatic rings. The maximum atomic E-state index is 9.13. The molecule has 0 bridgehead atoms. The number of hydrogen-bond donors (Lipinski definition) is 3. The number of ether oxygens (including phenoxy) is 1. The van der Waals surface area contributed by atoms with Crippen LogP contribution in [0.25, 0.3) is 0 Å². The summed E-state index contributed by atoms with van der Waals surface area (Å²) in [5.74, 6) is 0.610. The van der Waals surface area contributed by atoms with Gasteiger partial charge < -0.3 is 20.1 Å². The van der Waals surface area contributed by atoms with Gasteiger partial charge in [0.2, 0.25) is 0 Å². The lowest BCUT2D eigenvalue weighted by molar-refractivity contribution is 0.0286. The van der Waals surface area contributed by atoms with Crippen molar-refractivity contribution in [2.45, 2.75) is 20.5 Å². The van der Waals surface area contributed by atoms with Crippen LogP contribution in [0.3, 0.4) is 0 Å². The Labute approximate surface area is 101 Å². The summed E-state index contributed by atoms with van der Waals surface area (Å²) in [4.78, 5) is 0. The molecule has 4 nitrogen and oxygen atoms in total. The Balaban J connectivity index is 2.72. The summed E-state index contributed by atoms with van der Waals surface area (Å²) in [5, 5.41) is 27.3. The highest BCUT2D eigenvalue weighted by Crippen LogP contribution is 2.20. The number of benzene rings is 1. The van der Waals surface area contributed by atoms with Crippen molar-refractivity contribution in [3.8, 4) is 5.75 Å². The minimum absolute atomic E-state index is 0.0880. The van der Waals surface area contributed by atoms with Crippen molar-refractivity contribution in [1.82, 2.24) is 0 Å². The fourth-order valence-electron chi connectivity index (χ4n) is 1.32. The molecule has 0 fully saturated rings. The number of hydrogen-bond acceptors (Lipinski definition) is 4. The van der Waals surface area contributed by atoms with Crippen LogP contribution in [0.1, 0.15) is 18.1 Å². The van der Waals surface area contributed by atoms with Crippen LogP contribution in [0, 0.1) is 18.4 Å². The van der Waals surface area contributed by atoms with E-state index in [2.05, 4.69) is 6.07 Å². The van der Waals surface area contributed by atoms with Gasteiger partial charge in [-0.05, 0) is 36.2 Å². The Hall–Kier alpha value is -1.10. The molecule has 0 aliphatic carbocycles. The van der Waals surface area contributed by atoms with Crippen LogP contribution in [-0.4, -0.2) is 35.1 Å². The van der Waals surface area contributed by atoms with Crippen molar-refractivity contribution in [2.24, 2.45) is 5.41 Å². The smallest absolute Gasteiger partial charge is 0.119 e. The fraction of sp³-hybridized carbons (Fsp3) is 0.538. The average molecular weight is 239 g/mol. The second-order valence-electron chi connectivity index (χ2n) is 4.60. The third-order valence-electron chi connectivity index (χ3n) is 2.55. The van der Waals surface area contributed by atoms with Gasteiger partial charge in [0.05, 0.1) is 26.4 Å². The number of rotatable bonds is 6. The third kappa shape index (κ3) is 4.00. The molecule has 0 spiro atoms. The summed E-state index contributed by atoms with van der Waals surface area (Å²) in [6.07, 6.45) is 0. The summed E-state index contributed by atoms with van der Waals surface area (Å²) in [5.41, 5.74) is 0.878. The monoisotopic (exact) mass is 239 g/mol. The standard InChI is InChI=1S/C13H19O4/c1-10-3-11(6-14)5-12(4-10)17-9-13(2,7-15)8-16/h4-5,14-16H,6-9H2,1-2H3. The lowest BCUT2D eigenvalue weighted by atomic mass is 9.94. The summed E-state index contributed by atoms with van der Waals surface area (Å²) in [7, 11) is 0. The molecule has 0 aromatic heterocycles. The highest BCUT2D eigenvalue weighted by atomic mass is 16.5. The molecule has 17 heavy (non-hydrogen) atoms. The van der Waals surface area contributed by atoms with Gasteiger partial charge in [0.15, 0.2) is 0 Å². The SMILES string of the molecule is Cc1[c]c(CO)cc(OCC(C)(CO)CO)c1. The van der Waals surface area contributed by atoms with Gasteiger partial charge in [-0.2, -0.15) is 0 Å². The normalized spacial score (nSPS) is 11.6. The molecule has 0 saturated heterocycles. The third-order valence-corrected chi connectivity index (χ3v) is 2.55. The van der Waals surface area contributed by atoms with E-state index in [1.54, 1.807) is 19.1 Å². The van der Waals surface area contributed by atoms with Gasteiger partial charge in [-0.15, -0.1) is 0 Å². The first-order chi connectivity index (χ1) is 8.03. The van der Waals surface area contributed by atoms with Crippen LogP contribution in [0.2, 0.25) is 0 Å². The van der Waals surface area contributed by atoms with Gasteiger partial charge in [-0.1, -0.05) is 6.92 Å². The molecular formula is C13H19O4. The molecule has 0 unspecified atom stereocenters. The van der Waals surface area contributed by atoms with E-state index >= 15 is 0 Å². The van der Waals surface area contributed by atoms with Gasteiger partial charge in [-0.25, -0.2) is 0 Å². The lowest BCUT2D eigenvalue weighted by Gasteiger charge is -2.24. The average Bonchev–Trinajstić information content (AvgIpc) is 2.35. The maximum absolute atomic E-state index is 9.13. The van der Waals surface area contributed by atoms with Crippen molar-refractivity contribution in [1.29, 1.82) is 0 Å². The molecule has 0 amide bonds. The fourth-order valence-corrected chi connectivity index (χ4v) is 1.32. The maximum Gasteiger partial charge on any atom is 0.119 e. The summed E-state index contributed by atoms with van der Waals surface area (Å²) >= 11 is 0. The first-order valence-electron chi connectivity index (χ1n) is 5.51. The molecule has 0 aliphatic rings. The zero-order chi connectivity index (χ0) is 12.9. The summed E-state index contributed by atoms with van der Waals surface area (Å²) < 4.78 is 5.53. The minimum atomic E-state index is -0.660. The molecule has 0 heterocycles. The molecule has 1 aromatic carbocycles. The molecular weight excluding hydrogens is 220 g/mol. The lowest BCUT2D eigenvalue weighted by Crippen LogP contribution is -2.33. The van der Waals surface area contributed by atoms with E-state index in [1.807, 2.05) is 6.92 Å². The topological polar surface area (TPSA) is 69.9 Å². The Morgan fingerprint density at radius 1 is 1.24 bits per heavy atom. The Kier molecular flexibility index (Phi) is 4.93. The number of aryl methyl sites for hydroxylation is 1. The molecule has 1 rings (SSSR count). The Bertz CT molecular complexity index is 358. The second-order valence-corrected chi connectivity index (χ2v) is 4.60. The molecule has 3 N–H and O–H groups in total. The molecule has 0 aliphatic heterocycles. The number of aliphatic hydroxyl groups excluding tert-OH is 3. The summed E-state index contributed by atoms with van der Waals surface area (Å²) in [6.45, 7) is 3.44. The van der Waals surface area contributed by atoms with Gasteiger partial charge >= 0.3 is 0 Å². The van der Waals surface area contributed by atoms with Crippen molar-refractivity contribution in [3.05, 3.63) is 29.3 Å². The molecule has 1 radical (unpaired) electrons. The van der Waals surface area contributed by atoms with E-state index in [4.69, 9.17) is 20.1 Å². The highest BCUT2D eigenvalue weighted by molar-refractivity contribution is 5.32. The van der Waals surface area contributed by atoms with Gasteiger partial charge in [0.25, 0.3) is 0 Å². The molecule has 95 valence electrons. The summed E-state index contributed by atoms with van der Waals surface area (Å²) in [6, 6.07) is 6.49. The Morgan fingerprint density at radius 2 is 1.88 bits per heavy atom. The largest absolute Gasteiger partial charge is 0.493 e. The van der Waals surface area contributed by atoms with E-state index < -0.39 is 5.41 Å². The number of aliphatic hydroxyl groups is 3. The van der Waals surface area contributed by atoms with E-state index in [0.29, 0.717) is 11.3 Å². The van der Waals surface area contributed by atoms with Crippen LogP contribution in [0.15, 0.2) is 12.1 Å². The highest BCUT2D eigenvalue weighted by Gasteiger charge is 2.23. The quantitative estimate of drug-likeness (QED) is 0.682. The van der Waals surface area contributed by atoms with Crippen molar-refractivity contribution in [3.63, 3.8) is 0 Å². The minimum Gasteiger partial charge on any atom is -0.493 e. The first kappa shape index (κ1) is 14.0. The van der Waals surface area contributed by atoms with Crippen LogP contribution in [0.4, 0.5) is 0 Å². The zero-order valence-electron chi connectivity index (χ0n) is 10.2. The van der Waals surface area contributed by atoms with Crippen molar-refractivity contribution in [2.75, 3.05) is 19.8 Å². The van der Waals surface area contributed by atoms with Gasteiger partial charge in [0, 0.05) is 5.41 Å². The van der Waals surface area contributed by atoms with Crippen LogP contribution < -0.4 is 4.74 Å². The van der Waals surface area contributed by atoms with Crippen LogP contribution in [-0.2, 0) is 6.61 Å². The van der Waals surface area contributed by atoms with E-state index in [0.717, 1.165) is 5.56 Å². The van der Waals surface area contributed by atoms with E-state index in [1.165, 1.54) is 0 Å². The first-order valence-corrected chi connectivity index (χ1v) is 5.51. The van der Waals surface area contributed by atoms with Crippen molar-refractivity contribution < 1.29 is 20.1 Å². The molecule has 0 saturated carbocycles. The molecule has 4 heteroatoms.